The second-order valence-corrected chi connectivity index (χ2v) is 8.00. The number of piperidine rings is 1. The summed E-state index contributed by atoms with van der Waals surface area (Å²) in [5.74, 6) is -0.900. The molecule has 0 unspecified atom stereocenters. The molecule has 4 rings (SSSR count). The molecule has 35 heavy (non-hydrogen) atoms. The van der Waals surface area contributed by atoms with Crippen molar-refractivity contribution in [2.45, 2.75) is 25.9 Å². The Morgan fingerprint density at radius 1 is 1.09 bits per heavy atom. The molecule has 0 bridgehead atoms. The van der Waals surface area contributed by atoms with E-state index >= 15 is 0 Å². The molecule has 2 aromatic heterocycles. The van der Waals surface area contributed by atoms with E-state index in [1.807, 2.05) is 11.8 Å². The van der Waals surface area contributed by atoms with Crippen molar-refractivity contribution in [3.05, 3.63) is 42.2 Å². The summed E-state index contributed by atoms with van der Waals surface area (Å²) in [6.07, 6.45) is -3.62. The van der Waals surface area contributed by atoms with E-state index in [1.165, 1.54) is 6.07 Å². The Hall–Kier alpha value is -3.90. The summed E-state index contributed by atoms with van der Waals surface area (Å²) in [5.41, 5.74) is 0.609. The Morgan fingerprint density at radius 3 is 2.46 bits per heavy atom. The number of halogens is 3. The molecule has 186 valence electrons. The van der Waals surface area contributed by atoms with Crippen molar-refractivity contribution in [2.24, 2.45) is 5.92 Å². The van der Waals surface area contributed by atoms with Gasteiger partial charge in [-0.2, -0.15) is 17.7 Å². The van der Waals surface area contributed by atoms with Gasteiger partial charge in [0.2, 0.25) is 5.91 Å². The number of aromatic nitrogens is 4. The molecular formula is C22H24F3N7O3. The number of nitrogens with zero attached hydrogens (tertiary/aromatic N) is 5. The third kappa shape index (κ3) is 5.78. The van der Waals surface area contributed by atoms with Crippen molar-refractivity contribution < 1.29 is 27.5 Å². The van der Waals surface area contributed by atoms with E-state index in [2.05, 4.69) is 25.9 Å². The number of carbonyl (C=O) groups excluding carboxylic acids is 2. The van der Waals surface area contributed by atoms with Gasteiger partial charge in [-0.15, -0.1) is 15.3 Å². The van der Waals surface area contributed by atoms with Crippen LogP contribution in [0, 0.1) is 5.92 Å². The highest BCUT2D eigenvalue weighted by molar-refractivity contribution is 5.92. The summed E-state index contributed by atoms with van der Waals surface area (Å²) in [4.78, 5) is 26.0. The van der Waals surface area contributed by atoms with E-state index in [0.717, 1.165) is 0 Å². The van der Waals surface area contributed by atoms with Crippen molar-refractivity contribution in [3.8, 4) is 5.75 Å². The average molecular weight is 491 g/mol. The molecule has 13 heteroatoms. The lowest BCUT2D eigenvalue weighted by Gasteiger charge is -2.32. The van der Waals surface area contributed by atoms with Crippen LogP contribution in [-0.4, -0.2) is 57.9 Å². The number of alkyl halides is 3. The normalized spacial score (nSPS) is 14.7. The number of benzene rings is 1. The molecular weight excluding hydrogens is 467 g/mol. The van der Waals surface area contributed by atoms with Crippen LogP contribution < -0.4 is 20.3 Å². The number of ether oxygens (including phenoxy) is 1. The van der Waals surface area contributed by atoms with Crippen molar-refractivity contribution >= 4 is 29.0 Å². The standard InChI is InChI=1S/C22H24F3N7O3/c1-2-26-19(33)13-35-16-5-3-15(4-6-16)27-20(34)14-9-11-31(12-10-14)18-8-7-17-28-29-21(22(23,24)25)32(17)30-18/h3-8,14H,2,9-13H2,1H3,(H,26,33)(H,27,34). The largest absolute Gasteiger partial charge is 0.484 e. The van der Waals surface area contributed by atoms with Gasteiger partial charge in [-0.05, 0) is 56.2 Å². The summed E-state index contributed by atoms with van der Waals surface area (Å²) in [6, 6.07) is 9.75. The number of nitrogens with one attached hydrogen (secondary N) is 2. The molecule has 2 amide bonds. The van der Waals surface area contributed by atoms with Crippen LogP contribution in [0.15, 0.2) is 36.4 Å². The number of fused-ring (bicyclic) bond motifs is 1. The van der Waals surface area contributed by atoms with Gasteiger partial charge in [0.05, 0.1) is 0 Å². The van der Waals surface area contributed by atoms with Crippen LogP contribution >= 0.6 is 0 Å². The van der Waals surface area contributed by atoms with Gasteiger partial charge in [-0.1, -0.05) is 0 Å². The van der Waals surface area contributed by atoms with Gasteiger partial charge in [0.1, 0.15) is 11.6 Å². The fourth-order valence-corrected chi connectivity index (χ4v) is 3.77. The number of anilines is 2. The van der Waals surface area contributed by atoms with Crippen molar-refractivity contribution in [1.82, 2.24) is 25.1 Å². The molecule has 10 nitrogen and oxygen atoms in total. The van der Waals surface area contributed by atoms with Gasteiger partial charge < -0.3 is 20.3 Å². The minimum atomic E-state index is -4.66. The number of amides is 2. The third-order valence-electron chi connectivity index (χ3n) is 5.56. The van der Waals surface area contributed by atoms with Crippen molar-refractivity contribution in [2.75, 3.05) is 36.5 Å². The molecule has 0 atom stereocenters. The minimum absolute atomic E-state index is 0.0102. The number of hydrogen-bond donors (Lipinski definition) is 2. The predicted octanol–water partition coefficient (Wildman–Crippen LogP) is 2.51. The smallest absolute Gasteiger partial charge is 0.453 e. The van der Waals surface area contributed by atoms with Crippen LogP contribution in [0.25, 0.3) is 5.65 Å². The first-order valence-corrected chi connectivity index (χ1v) is 11.1. The zero-order chi connectivity index (χ0) is 25.0. The molecule has 1 aromatic carbocycles. The molecule has 1 aliphatic rings. The Morgan fingerprint density at radius 2 is 1.80 bits per heavy atom. The molecule has 1 fully saturated rings. The lowest BCUT2D eigenvalue weighted by Crippen LogP contribution is -2.38. The molecule has 0 spiro atoms. The molecule has 3 aromatic rings. The Balaban J connectivity index is 1.31. The Labute approximate surface area is 198 Å². The fourth-order valence-electron chi connectivity index (χ4n) is 3.77. The Kier molecular flexibility index (Phi) is 7.03. The second-order valence-electron chi connectivity index (χ2n) is 8.00. The molecule has 0 aliphatic carbocycles. The van der Waals surface area contributed by atoms with E-state index < -0.39 is 12.0 Å². The fraction of sp³-hybridized carbons (Fsp3) is 0.409. The maximum atomic E-state index is 13.1. The number of hydrogen-bond acceptors (Lipinski definition) is 7. The third-order valence-corrected chi connectivity index (χ3v) is 5.56. The predicted molar refractivity (Wildman–Crippen MR) is 120 cm³/mol. The van der Waals surface area contributed by atoms with E-state index in [4.69, 9.17) is 4.74 Å². The van der Waals surface area contributed by atoms with Crippen LogP contribution in [0.2, 0.25) is 0 Å². The van der Waals surface area contributed by atoms with Gasteiger partial charge in [-0.25, -0.2) is 0 Å². The molecule has 1 saturated heterocycles. The summed E-state index contributed by atoms with van der Waals surface area (Å²) in [5, 5.41) is 16.3. The monoisotopic (exact) mass is 491 g/mol. The number of likely N-dealkylation sites (N-methyl/N-ethyl adjacent to an activating group) is 1. The first-order chi connectivity index (χ1) is 16.7. The van der Waals surface area contributed by atoms with E-state index in [9.17, 15) is 22.8 Å². The second kappa shape index (κ2) is 10.2. The zero-order valence-electron chi connectivity index (χ0n) is 18.9. The van der Waals surface area contributed by atoms with Gasteiger partial charge in [-0.3, -0.25) is 9.59 Å². The molecule has 0 saturated carbocycles. The summed E-state index contributed by atoms with van der Waals surface area (Å²) in [7, 11) is 0. The Bertz CT molecular complexity index is 1190. The number of rotatable bonds is 7. The van der Waals surface area contributed by atoms with Crippen molar-refractivity contribution in [3.63, 3.8) is 0 Å². The molecule has 0 radical (unpaired) electrons. The maximum absolute atomic E-state index is 13.1. The quantitative estimate of drug-likeness (QED) is 0.522. The first kappa shape index (κ1) is 24.2. The topological polar surface area (TPSA) is 114 Å². The van der Waals surface area contributed by atoms with Gasteiger partial charge in [0.15, 0.2) is 12.3 Å². The molecule has 2 N–H and O–H groups in total. The zero-order valence-corrected chi connectivity index (χ0v) is 18.9. The SMILES string of the molecule is CCNC(=O)COc1ccc(NC(=O)C2CCN(c3ccc4nnc(C(F)(F)F)n4n3)CC2)cc1. The van der Waals surface area contributed by atoms with Gasteiger partial charge in [0.25, 0.3) is 11.7 Å². The van der Waals surface area contributed by atoms with Gasteiger partial charge in [0, 0.05) is 31.2 Å². The minimum Gasteiger partial charge on any atom is -0.484 e. The van der Waals surface area contributed by atoms with Crippen LogP contribution in [0.5, 0.6) is 5.75 Å². The van der Waals surface area contributed by atoms with Gasteiger partial charge >= 0.3 is 6.18 Å². The van der Waals surface area contributed by atoms with E-state index in [1.54, 1.807) is 30.3 Å². The van der Waals surface area contributed by atoms with Crippen LogP contribution in [0.1, 0.15) is 25.6 Å². The van der Waals surface area contributed by atoms with Crippen LogP contribution in [0.4, 0.5) is 24.7 Å². The average Bonchev–Trinajstić information content (AvgIpc) is 3.28. The lowest BCUT2D eigenvalue weighted by molar-refractivity contribution is -0.146. The van der Waals surface area contributed by atoms with Crippen LogP contribution in [0.3, 0.4) is 0 Å². The van der Waals surface area contributed by atoms with E-state index in [-0.39, 0.29) is 30.0 Å². The summed E-state index contributed by atoms with van der Waals surface area (Å²) >= 11 is 0. The lowest BCUT2D eigenvalue weighted by atomic mass is 9.96. The van der Waals surface area contributed by atoms with Crippen molar-refractivity contribution in [1.29, 1.82) is 0 Å². The number of carbonyl (C=O) groups is 2. The molecule has 1 aliphatic heterocycles. The maximum Gasteiger partial charge on any atom is 0.453 e. The van der Waals surface area contributed by atoms with Crippen LogP contribution in [-0.2, 0) is 15.8 Å². The van der Waals surface area contributed by atoms with E-state index in [0.29, 0.717) is 54.2 Å². The highest BCUT2D eigenvalue weighted by Gasteiger charge is 2.38. The molecule has 3 heterocycles. The first-order valence-electron chi connectivity index (χ1n) is 11.1. The highest BCUT2D eigenvalue weighted by atomic mass is 19.4. The summed E-state index contributed by atoms with van der Waals surface area (Å²) < 4.78 is 45.4. The summed E-state index contributed by atoms with van der Waals surface area (Å²) in [6.45, 7) is 3.19. The highest BCUT2D eigenvalue weighted by Crippen LogP contribution is 2.29.